The average Bonchev–Trinajstić information content (AvgIpc) is 3.13. The second-order valence-electron chi connectivity index (χ2n) is 7.02. The van der Waals surface area contributed by atoms with E-state index in [1.807, 2.05) is 19.2 Å². The van der Waals surface area contributed by atoms with Crippen LogP contribution < -0.4 is 16.4 Å². The second-order valence-corrected chi connectivity index (χ2v) is 7.02. The van der Waals surface area contributed by atoms with Gasteiger partial charge >= 0.3 is 0 Å². The number of likely N-dealkylation sites (tertiary alicyclic amines) is 1. The first-order chi connectivity index (χ1) is 12.0. The highest BCUT2D eigenvalue weighted by Gasteiger charge is 2.38. The van der Waals surface area contributed by atoms with Gasteiger partial charge in [0.15, 0.2) is 5.66 Å². The summed E-state index contributed by atoms with van der Waals surface area (Å²) in [5, 5.41) is 25.1. The number of fused-ring (bicyclic) bond motifs is 4. The molecule has 25 heavy (non-hydrogen) atoms. The number of rotatable bonds is 0. The van der Waals surface area contributed by atoms with Crippen LogP contribution in [0.2, 0.25) is 0 Å². The summed E-state index contributed by atoms with van der Waals surface area (Å²) in [4.78, 5) is 11.9. The lowest BCUT2D eigenvalue weighted by Gasteiger charge is -2.15. The smallest absolute Gasteiger partial charge is 0.165 e. The number of likely N-dealkylation sites (N-methyl/N-ethyl adjacent to an activating group) is 1. The van der Waals surface area contributed by atoms with E-state index in [4.69, 9.17) is 15.7 Å². The zero-order chi connectivity index (χ0) is 17.3. The fourth-order valence-electron chi connectivity index (χ4n) is 4.13. The van der Waals surface area contributed by atoms with Gasteiger partial charge in [0, 0.05) is 36.0 Å². The van der Waals surface area contributed by atoms with Crippen molar-refractivity contribution < 1.29 is 10.2 Å². The second kappa shape index (κ2) is 4.61. The lowest BCUT2D eigenvalue weighted by molar-refractivity contribution is 0.375. The molecule has 1 fully saturated rings. The first-order valence-electron chi connectivity index (χ1n) is 8.32. The van der Waals surface area contributed by atoms with Crippen molar-refractivity contribution in [1.82, 2.24) is 4.90 Å². The Morgan fingerprint density at radius 2 is 1.76 bits per heavy atom. The van der Waals surface area contributed by atoms with Crippen molar-refractivity contribution in [2.24, 2.45) is 9.98 Å². The zero-order valence-corrected chi connectivity index (χ0v) is 13.8. The first kappa shape index (κ1) is 14.5. The zero-order valence-electron chi connectivity index (χ0n) is 13.8. The molecule has 6 heteroatoms. The summed E-state index contributed by atoms with van der Waals surface area (Å²) in [5.74, 6) is 0.165. The summed E-state index contributed by atoms with van der Waals surface area (Å²) in [7, 11) is 2.05. The minimum Gasteiger partial charge on any atom is -0.507 e. The molecule has 2 aliphatic rings. The predicted octanol–water partition coefficient (Wildman–Crippen LogP) is 1.27. The van der Waals surface area contributed by atoms with E-state index in [1.54, 1.807) is 18.2 Å². The monoisotopic (exact) mass is 334 g/mol. The molecule has 3 aromatic carbocycles. The van der Waals surface area contributed by atoms with Gasteiger partial charge in [-0.1, -0.05) is 24.3 Å². The fourth-order valence-corrected chi connectivity index (χ4v) is 4.13. The summed E-state index contributed by atoms with van der Waals surface area (Å²) >= 11 is 0. The number of hydrogen-bond acceptors (Lipinski definition) is 6. The van der Waals surface area contributed by atoms with Crippen LogP contribution in [0.25, 0.3) is 21.5 Å². The third-order valence-electron chi connectivity index (χ3n) is 5.29. The average molecular weight is 334 g/mol. The summed E-state index contributed by atoms with van der Waals surface area (Å²) in [6, 6.07) is 8.95. The minimum atomic E-state index is -0.508. The molecule has 126 valence electrons. The molecule has 1 spiro atoms. The Kier molecular flexibility index (Phi) is 2.67. The Bertz CT molecular complexity index is 1190. The number of aromatic hydroxyl groups is 2. The topological polar surface area (TPSA) is 94.4 Å². The van der Waals surface area contributed by atoms with E-state index in [-0.39, 0.29) is 11.5 Å². The normalized spacial score (nSPS) is 22.4. The molecule has 4 N–H and O–H groups in total. The van der Waals surface area contributed by atoms with Crippen LogP contribution >= 0.6 is 0 Å². The van der Waals surface area contributed by atoms with Gasteiger partial charge in [-0.25, -0.2) is 0 Å². The van der Waals surface area contributed by atoms with Crippen LogP contribution in [-0.2, 0) is 0 Å². The van der Waals surface area contributed by atoms with Crippen LogP contribution in [-0.4, -0.2) is 40.9 Å². The van der Waals surface area contributed by atoms with E-state index in [0.717, 1.165) is 19.5 Å². The van der Waals surface area contributed by atoms with Crippen molar-refractivity contribution in [3.05, 3.63) is 41.0 Å². The number of phenolic OH excluding ortho intramolecular Hbond substituents is 2. The van der Waals surface area contributed by atoms with Crippen molar-refractivity contribution in [1.29, 1.82) is 0 Å². The van der Waals surface area contributed by atoms with Gasteiger partial charge in [0.2, 0.25) is 0 Å². The first-order valence-corrected chi connectivity index (χ1v) is 8.32. The van der Waals surface area contributed by atoms with E-state index in [9.17, 15) is 10.2 Å². The Morgan fingerprint density at radius 1 is 1.08 bits per heavy atom. The SMILES string of the molecule is CN1CCC2(C1)N=c1cc(N)c3c(O)c4ccccc4c(O)c3c1=N2. The maximum absolute atomic E-state index is 10.9. The van der Waals surface area contributed by atoms with Crippen molar-refractivity contribution in [3.8, 4) is 11.5 Å². The quantitative estimate of drug-likeness (QED) is 0.328. The number of nitrogens with two attached hydrogens (primary N) is 1. The number of benzene rings is 3. The fraction of sp³-hybridized carbons (Fsp3) is 0.263. The molecule has 6 nitrogen and oxygen atoms in total. The molecule has 1 saturated heterocycles. The standard InChI is InChI=1S/C19H18N4O2/c1-23-7-6-19(9-23)21-13-8-12(20)14-15(16(13)22-19)18(25)11-5-3-2-4-10(11)17(14)24/h2-5,8,24-25H,6-7,9,20H2,1H3. The van der Waals surface area contributed by atoms with Crippen LogP contribution in [0.4, 0.5) is 5.69 Å². The number of phenols is 2. The molecule has 0 saturated carbocycles. The van der Waals surface area contributed by atoms with E-state index in [1.165, 1.54) is 0 Å². The Hall–Kier alpha value is -2.86. The van der Waals surface area contributed by atoms with Gasteiger partial charge in [-0.15, -0.1) is 0 Å². The lowest BCUT2D eigenvalue weighted by Crippen LogP contribution is -2.27. The predicted molar refractivity (Wildman–Crippen MR) is 96.4 cm³/mol. The van der Waals surface area contributed by atoms with Gasteiger partial charge in [0.1, 0.15) is 11.5 Å². The maximum Gasteiger partial charge on any atom is 0.165 e. The number of nitrogen functional groups attached to an aromatic ring is 1. The third kappa shape index (κ3) is 1.83. The van der Waals surface area contributed by atoms with Gasteiger partial charge in [-0.2, -0.15) is 0 Å². The molecule has 1 atom stereocenters. The van der Waals surface area contributed by atoms with Crippen molar-refractivity contribution in [3.63, 3.8) is 0 Å². The Morgan fingerprint density at radius 3 is 2.40 bits per heavy atom. The summed E-state index contributed by atoms with van der Waals surface area (Å²) in [6.07, 6.45) is 0.833. The van der Waals surface area contributed by atoms with Crippen LogP contribution in [0, 0.1) is 0 Å². The molecule has 2 aliphatic heterocycles. The van der Waals surface area contributed by atoms with Crippen molar-refractivity contribution in [2.45, 2.75) is 12.1 Å². The lowest BCUT2D eigenvalue weighted by atomic mass is 9.99. The van der Waals surface area contributed by atoms with Crippen LogP contribution in [0.1, 0.15) is 6.42 Å². The van der Waals surface area contributed by atoms with E-state index in [2.05, 4.69) is 4.90 Å². The van der Waals surface area contributed by atoms with Gasteiger partial charge < -0.3 is 20.8 Å². The molecule has 0 aliphatic carbocycles. The third-order valence-corrected chi connectivity index (χ3v) is 5.29. The number of nitrogens with zero attached hydrogens (tertiary/aromatic N) is 3. The summed E-state index contributed by atoms with van der Waals surface area (Å²) in [5.41, 5.74) is 6.11. The number of anilines is 1. The number of hydrogen-bond donors (Lipinski definition) is 3. The summed E-state index contributed by atoms with van der Waals surface area (Å²) < 4.78 is 0. The molecule has 2 heterocycles. The van der Waals surface area contributed by atoms with Crippen LogP contribution in [0.3, 0.4) is 0 Å². The van der Waals surface area contributed by atoms with Gasteiger partial charge in [0.25, 0.3) is 0 Å². The molecular weight excluding hydrogens is 316 g/mol. The van der Waals surface area contributed by atoms with Crippen LogP contribution in [0.15, 0.2) is 40.3 Å². The molecule has 0 radical (unpaired) electrons. The van der Waals surface area contributed by atoms with Gasteiger partial charge in [-0.3, -0.25) is 9.98 Å². The largest absolute Gasteiger partial charge is 0.507 e. The molecule has 5 rings (SSSR count). The Balaban J connectivity index is 1.98. The maximum atomic E-state index is 10.9. The highest BCUT2D eigenvalue weighted by Crippen LogP contribution is 2.42. The van der Waals surface area contributed by atoms with E-state index < -0.39 is 5.66 Å². The molecule has 0 bridgehead atoms. The molecule has 3 aromatic rings. The minimum absolute atomic E-state index is 0.0726. The summed E-state index contributed by atoms with van der Waals surface area (Å²) in [6.45, 7) is 1.66. The molecule has 0 aromatic heterocycles. The van der Waals surface area contributed by atoms with E-state index in [0.29, 0.717) is 37.9 Å². The molecular formula is C19H18N4O2. The van der Waals surface area contributed by atoms with E-state index >= 15 is 0 Å². The molecule has 0 amide bonds. The molecule has 1 unspecified atom stereocenters. The van der Waals surface area contributed by atoms with Crippen molar-refractivity contribution >= 4 is 27.2 Å². The Labute approximate surface area is 143 Å². The van der Waals surface area contributed by atoms with Gasteiger partial charge in [0.05, 0.1) is 21.5 Å². The van der Waals surface area contributed by atoms with Crippen LogP contribution in [0.5, 0.6) is 11.5 Å². The highest BCUT2D eigenvalue weighted by molar-refractivity contribution is 6.14. The van der Waals surface area contributed by atoms with Crippen molar-refractivity contribution in [2.75, 3.05) is 25.9 Å². The highest BCUT2D eigenvalue weighted by atomic mass is 16.3. The van der Waals surface area contributed by atoms with Gasteiger partial charge in [-0.05, 0) is 13.1 Å².